The van der Waals surface area contributed by atoms with Crippen molar-refractivity contribution in [1.29, 1.82) is 0 Å². The number of para-hydroxylation sites is 1. The molecule has 2 N–H and O–H groups in total. The SMILES string of the molecule is CCNC(=O)N1CCC2(CC1)C(=O)N(CC(=O)NCc1cccc(C(F)(F)F)c1)CN2c1ccccc1. The van der Waals surface area contributed by atoms with Crippen LogP contribution in [0.4, 0.5) is 23.7 Å². The van der Waals surface area contributed by atoms with Gasteiger partial charge in [-0.15, -0.1) is 0 Å². The molecule has 0 bridgehead atoms. The van der Waals surface area contributed by atoms with Gasteiger partial charge in [-0.2, -0.15) is 13.2 Å². The van der Waals surface area contributed by atoms with Crippen LogP contribution in [-0.2, 0) is 22.3 Å². The highest BCUT2D eigenvalue weighted by atomic mass is 19.4. The van der Waals surface area contributed by atoms with Gasteiger partial charge in [0.15, 0.2) is 0 Å². The second-order valence-corrected chi connectivity index (χ2v) is 9.24. The van der Waals surface area contributed by atoms with Gasteiger partial charge in [-0.1, -0.05) is 30.3 Å². The largest absolute Gasteiger partial charge is 0.416 e. The van der Waals surface area contributed by atoms with Crippen LogP contribution in [0, 0.1) is 0 Å². The lowest BCUT2D eigenvalue weighted by molar-refractivity contribution is -0.138. The molecule has 11 heteroatoms. The Hall–Kier alpha value is -3.76. The van der Waals surface area contributed by atoms with Gasteiger partial charge in [0.05, 0.1) is 12.2 Å². The molecule has 4 amide bonds. The Kier molecular flexibility index (Phi) is 7.60. The molecule has 0 radical (unpaired) electrons. The van der Waals surface area contributed by atoms with Gasteiger partial charge in [0.2, 0.25) is 5.91 Å². The lowest BCUT2D eigenvalue weighted by Crippen LogP contribution is -2.58. The predicted octanol–water partition coefficient (Wildman–Crippen LogP) is 3.19. The van der Waals surface area contributed by atoms with Gasteiger partial charge in [-0.3, -0.25) is 9.59 Å². The Morgan fingerprint density at radius 1 is 1.00 bits per heavy atom. The van der Waals surface area contributed by atoms with Crippen molar-refractivity contribution in [2.24, 2.45) is 0 Å². The number of amides is 4. The monoisotopic (exact) mass is 517 g/mol. The number of hydrogen-bond acceptors (Lipinski definition) is 4. The molecule has 0 saturated carbocycles. The molecule has 2 aliphatic rings. The molecule has 4 rings (SSSR count). The van der Waals surface area contributed by atoms with E-state index < -0.39 is 23.2 Å². The van der Waals surface area contributed by atoms with Crippen LogP contribution in [-0.4, -0.2) is 66.0 Å². The first-order valence-electron chi connectivity index (χ1n) is 12.2. The molecule has 8 nitrogen and oxygen atoms in total. The molecule has 0 aromatic heterocycles. The number of alkyl halides is 3. The minimum atomic E-state index is -4.47. The van der Waals surface area contributed by atoms with E-state index in [1.165, 1.54) is 17.0 Å². The number of benzene rings is 2. The number of halogens is 3. The van der Waals surface area contributed by atoms with Gasteiger partial charge in [0.25, 0.3) is 5.91 Å². The summed E-state index contributed by atoms with van der Waals surface area (Å²) in [6, 6.07) is 14.0. The fourth-order valence-corrected chi connectivity index (χ4v) is 4.95. The topological polar surface area (TPSA) is 85.0 Å². The fourth-order valence-electron chi connectivity index (χ4n) is 4.95. The molecule has 2 aromatic rings. The smallest absolute Gasteiger partial charge is 0.350 e. The van der Waals surface area contributed by atoms with Gasteiger partial charge in [-0.05, 0) is 49.6 Å². The van der Waals surface area contributed by atoms with Crippen molar-refractivity contribution < 1.29 is 27.6 Å². The van der Waals surface area contributed by atoms with Crippen LogP contribution in [0.5, 0.6) is 0 Å². The Balaban J connectivity index is 1.45. The minimum absolute atomic E-state index is 0.0835. The Bertz CT molecular complexity index is 1130. The maximum Gasteiger partial charge on any atom is 0.416 e. The first-order chi connectivity index (χ1) is 17.6. The lowest BCUT2D eigenvalue weighted by atomic mass is 9.85. The Labute approximate surface area is 213 Å². The zero-order chi connectivity index (χ0) is 26.6. The molecular weight excluding hydrogens is 487 g/mol. The van der Waals surface area contributed by atoms with E-state index in [1.807, 2.05) is 42.2 Å². The second kappa shape index (κ2) is 10.7. The zero-order valence-corrected chi connectivity index (χ0v) is 20.6. The minimum Gasteiger partial charge on any atom is -0.350 e. The molecule has 2 heterocycles. The number of anilines is 1. The lowest BCUT2D eigenvalue weighted by Gasteiger charge is -2.43. The van der Waals surface area contributed by atoms with Gasteiger partial charge < -0.3 is 25.3 Å². The Morgan fingerprint density at radius 3 is 2.35 bits per heavy atom. The third-order valence-electron chi connectivity index (χ3n) is 6.87. The molecule has 2 aliphatic heterocycles. The quantitative estimate of drug-likeness (QED) is 0.617. The van der Waals surface area contributed by atoms with Crippen molar-refractivity contribution in [3.8, 4) is 0 Å². The predicted molar refractivity (Wildman–Crippen MR) is 131 cm³/mol. The van der Waals surface area contributed by atoms with Crippen molar-refractivity contribution in [2.75, 3.05) is 37.7 Å². The Morgan fingerprint density at radius 2 is 1.70 bits per heavy atom. The van der Waals surface area contributed by atoms with E-state index >= 15 is 0 Å². The molecule has 2 aromatic carbocycles. The van der Waals surface area contributed by atoms with E-state index in [0.717, 1.165) is 17.8 Å². The summed E-state index contributed by atoms with van der Waals surface area (Å²) in [6.45, 7) is 3.05. The molecule has 0 atom stereocenters. The summed E-state index contributed by atoms with van der Waals surface area (Å²) in [5.74, 6) is -0.656. The molecule has 0 aliphatic carbocycles. The molecule has 2 fully saturated rings. The normalized spacial score (nSPS) is 17.3. The summed E-state index contributed by atoms with van der Waals surface area (Å²) in [6.07, 6.45) is -3.63. The highest BCUT2D eigenvalue weighted by Gasteiger charge is 2.54. The third kappa shape index (κ3) is 5.65. The number of rotatable bonds is 6. The number of nitrogens with zero attached hydrogens (tertiary/aromatic N) is 3. The van der Waals surface area contributed by atoms with Crippen molar-refractivity contribution in [3.63, 3.8) is 0 Å². The average molecular weight is 518 g/mol. The number of carbonyl (C=O) groups excluding carboxylic acids is 3. The van der Waals surface area contributed by atoms with Crippen LogP contribution in [0.25, 0.3) is 0 Å². The van der Waals surface area contributed by atoms with Crippen molar-refractivity contribution >= 4 is 23.5 Å². The standard InChI is InChI=1S/C26H30F3N5O3/c1-2-30-24(37)32-13-11-25(12-14-32)23(36)33(18-34(25)21-9-4-3-5-10-21)17-22(35)31-16-19-7-6-8-20(15-19)26(27,28)29/h3-10,15H,2,11-14,16-18H2,1H3,(H,30,37)(H,31,35). The number of carbonyl (C=O) groups is 3. The van der Waals surface area contributed by atoms with E-state index in [4.69, 9.17) is 0 Å². The van der Waals surface area contributed by atoms with E-state index in [0.29, 0.717) is 38.0 Å². The number of piperidine rings is 1. The van der Waals surface area contributed by atoms with Crippen LogP contribution < -0.4 is 15.5 Å². The summed E-state index contributed by atoms with van der Waals surface area (Å²) in [5.41, 5.74) is -0.510. The maximum absolute atomic E-state index is 13.7. The second-order valence-electron chi connectivity index (χ2n) is 9.24. The average Bonchev–Trinajstić information content (AvgIpc) is 3.14. The van der Waals surface area contributed by atoms with E-state index in [-0.39, 0.29) is 31.7 Å². The van der Waals surface area contributed by atoms with Crippen molar-refractivity contribution in [1.82, 2.24) is 20.4 Å². The van der Waals surface area contributed by atoms with Crippen LogP contribution in [0.3, 0.4) is 0 Å². The van der Waals surface area contributed by atoms with Gasteiger partial charge in [-0.25, -0.2) is 4.79 Å². The molecule has 1 spiro atoms. The van der Waals surface area contributed by atoms with Crippen LogP contribution in [0.2, 0.25) is 0 Å². The summed E-state index contributed by atoms with van der Waals surface area (Å²) in [4.78, 5) is 43.9. The number of nitrogens with one attached hydrogen (secondary N) is 2. The summed E-state index contributed by atoms with van der Waals surface area (Å²) < 4.78 is 38.9. The molecule has 37 heavy (non-hydrogen) atoms. The summed E-state index contributed by atoms with van der Waals surface area (Å²) in [7, 11) is 0. The summed E-state index contributed by atoms with van der Waals surface area (Å²) >= 11 is 0. The van der Waals surface area contributed by atoms with Crippen LogP contribution >= 0.6 is 0 Å². The fraction of sp³-hybridized carbons (Fsp3) is 0.423. The van der Waals surface area contributed by atoms with Gasteiger partial charge >= 0.3 is 12.2 Å². The molecule has 0 unspecified atom stereocenters. The zero-order valence-electron chi connectivity index (χ0n) is 20.6. The highest BCUT2D eigenvalue weighted by Crippen LogP contribution is 2.39. The number of urea groups is 1. The van der Waals surface area contributed by atoms with E-state index in [2.05, 4.69) is 10.6 Å². The number of hydrogen-bond donors (Lipinski definition) is 2. The van der Waals surface area contributed by atoms with E-state index in [1.54, 1.807) is 4.90 Å². The first kappa shape index (κ1) is 26.3. The van der Waals surface area contributed by atoms with E-state index in [9.17, 15) is 27.6 Å². The maximum atomic E-state index is 13.7. The van der Waals surface area contributed by atoms with Crippen LogP contribution in [0.15, 0.2) is 54.6 Å². The van der Waals surface area contributed by atoms with Gasteiger partial charge in [0.1, 0.15) is 12.1 Å². The number of likely N-dealkylation sites (tertiary alicyclic amines) is 1. The molecular formula is C26H30F3N5O3. The first-order valence-corrected chi connectivity index (χ1v) is 12.2. The highest BCUT2D eigenvalue weighted by molar-refractivity contribution is 5.96. The molecule has 2 saturated heterocycles. The summed E-state index contributed by atoms with van der Waals surface area (Å²) in [5, 5.41) is 5.41. The third-order valence-corrected chi connectivity index (χ3v) is 6.87. The van der Waals surface area contributed by atoms with Crippen molar-refractivity contribution in [2.45, 2.75) is 38.0 Å². The van der Waals surface area contributed by atoms with Gasteiger partial charge in [0, 0.05) is 31.9 Å². The molecule has 198 valence electrons. The van der Waals surface area contributed by atoms with Crippen molar-refractivity contribution in [3.05, 3.63) is 65.7 Å². The van der Waals surface area contributed by atoms with Crippen LogP contribution in [0.1, 0.15) is 30.9 Å².